The van der Waals surface area contributed by atoms with Crippen LogP contribution in [0.25, 0.3) is 0 Å². The molecule has 1 rings (SSSR count). The van der Waals surface area contributed by atoms with Gasteiger partial charge in [-0.25, -0.2) is 0 Å². The lowest BCUT2D eigenvalue weighted by Gasteiger charge is -1.95. The predicted molar refractivity (Wildman–Crippen MR) is 39.5 cm³/mol. The lowest BCUT2D eigenvalue weighted by Crippen LogP contribution is -1.91. The van der Waals surface area contributed by atoms with E-state index in [1.54, 1.807) is 12.4 Å². The zero-order valence-electron chi connectivity index (χ0n) is 5.20. The molecule has 0 amide bonds. The minimum atomic E-state index is 0.666. The summed E-state index contributed by atoms with van der Waals surface area (Å²) in [5.41, 5.74) is 1.92. The zero-order valence-corrected chi connectivity index (χ0v) is 6.10. The maximum atomic E-state index is 4.08. The molecule has 3 heteroatoms. The smallest absolute Gasteiger partial charge is 0.0712 e. The number of thiol groups is 1. The van der Waals surface area contributed by atoms with E-state index >= 15 is 0 Å². The Bertz CT molecular complexity index is 200. The van der Waals surface area contributed by atoms with Gasteiger partial charge in [-0.3, -0.25) is 9.97 Å². The minimum Gasteiger partial charge on any atom is -0.258 e. The largest absolute Gasteiger partial charge is 0.258 e. The summed E-state index contributed by atoms with van der Waals surface area (Å²) in [6, 6.07) is 0. The molecule has 0 aliphatic rings. The van der Waals surface area contributed by atoms with Crippen molar-refractivity contribution >= 4 is 12.6 Å². The molecule has 0 unspecified atom stereocenters. The Hall–Kier alpha value is -0.570. The molecule has 0 aromatic carbocycles. The van der Waals surface area contributed by atoms with Crippen LogP contribution in [0.5, 0.6) is 0 Å². The molecule has 0 N–H and O–H groups in total. The molecule has 0 spiro atoms. The Labute approximate surface area is 59.8 Å². The summed E-state index contributed by atoms with van der Waals surface area (Å²) >= 11 is 4.08. The Morgan fingerprint density at radius 2 is 2.11 bits per heavy atom. The molecule has 0 aliphatic heterocycles. The fraction of sp³-hybridized carbons (Fsp3) is 0.333. The predicted octanol–water partition coefficient (Wildman–Crippen LogP) is 1.21. The van der Waals surface area contributed by atoms with E-state index in [1.807, 2.05) is 6.92 Å². The second-order valence-corrected chi connectivity index (χ2v) is 2.06. The third-order valence-electron chi connectivity index (χ3n) is 1.13. The van der Waals surface area contributed by atoms with Crippen LogP contribution in [0, 0.1) is 6.92 Å². The minimum absolute atomic E-state index is 0.666. The van der Waals surface area contributed by atoms with Crippen LogP contribution in [-0.4, -0.2) is 9.97 Å². The summed E-state index contributed by atoms with van der Waals surface area (Å²) in [6.07, 6.45) is 3.36. The molecule has 0 saturated carbocycles. The maximum Gasteiger partial charge on any atom is 0.0712 e. The first-order valence-electron chi connectivity index (χ1n) is 2.72. The highest BCUT2D eigenvalue weighted by Crippen LogP contribution is 2.01. The van der Waals surface area contributed by atoms with Gasteiger partial charge in [-0.05, 0) is 6.92 Å². The highest BCUT2D eigenvalue weighted by molar-refractivity contribution is 7.79. The monoisotopic (exact) mass is 140 g/mol. The first-order chi connectivity index (χ1) is 4.34. The highest BCUT2D eigenvalue weighted by Gasteiger charge is 1.93. The van der Waals surface area contributed by atoms with Crippen LogP contribution in [-0.2, 0) is 5.75 Å². The first kappa shape index (κ1) is 6.55. The first-order valence-corrected chi connectivity index (χ1v) is 3.35. The zero-order chi connectivity index (χ0) is 6.69. The molecule has 0 saturated heterocycles. The second-order valence-electron chi connectivity index (χ2n) is 1.75. The molecule has 0 aliphatic carbocycles. The van der Waals surface area contributed by atoms with E-state index in [4.69, 9.17) is 0 Å². The third-order valence-corrected chi connectivity index (χ3v) is 1.43. The van der Waals surface area contributed by atoms with Crippen molar-refractivity contribution < 1.29 is 0 Å². The number of aromatic nitrogens is 2. The molecular weight excluding hydrogens is 132 g/mol. The van der Waals surface area contributed by atoms with E-state index in [1.165, 1.54) is 0 Å². The third kappa shape index (κ3) is 1.42. The lowest BCUT2D eigenvalue weighted by atomic mass is 10.4. The van der Waals surface area contributed by atoms with Gasteiger partial charge in [0.1, 0.15) is 0 Å². The Morgan fingerprint density at radius 1 is 1.44 bits per heavy atom. The number of nitrogens with zero attached hydrogens (tertiary/aromatic N) is 2. The van der Waals surface area contributed by atoms with Gasteiger partial charge in [0.15, 0.2) is 0 Å². The molecule has 9 heavy (non-hydrogen) atoms. The van der Waals surface area contributed by atoms with Crippen molar-refractivity contribution in [3.8, 4) is 0 Å². The van der Waals surface area contributed by atoms with Crippen molar-refractivity contribution in [2.75, 3.05) is 0 Å². The van der Waals surface area contributed by atoms with Crippen LogP contribution in [0.4, 0.5) is 0 Å². The number of rotatable bonds is 1. The van der Waals surface area contributed by atoms with E-state index in [-0.39, 0.29) is 0 Å². The van der Waals surface area contributed by atoms with E-state index in [0.717, 1.165) is 11.4 Å². The van der Waals surface area contributed by atoms with Crippen LogP contribution in [0.2, 0.25) is 0 Å². The number of hydrogen-bond acceptors (Lipinski definition) is 3. The van der Waals surface area contributed by atoms with E-state index < -0.39 is 0 Å². The van der Waals surface area contributed by atoms with Gasteiger partial charge < -0.3 is 0 Å². The standard InChI is InChI=1S/C6H8N2S/c1-5-6(4-9)8-3-2-7-5/h2-3,9H,4H2,1H3. The summed E-state index contributed by atoms with van der Waals surface area (Å²) in [5, 5.41) is 0. The van der Waals surface area contributed by atoms with Crippen molar-refractivity contribution in [3.63, 3.8) is 0 Å². The molecule has 1 heterocycles. The average molecular weight is 140 g/mol. The topological polar surface area (TPSA) is 25.8 Å². The Morgan fingerprint density at radius 3 is 2.56 bits per heavy atom. The highest BCUT2D eigenvalue weighted by atomic mass is 32.1. The molecular formula is C6H8N2S. The number of hydrogen-bond donors (Lipinski definition) is 1. The van der Waals surface area contributed by atoms with Gasteiger partial charge >= 0.3 is 0 Å². The van der Waals surface area contributed by atoms with Gasteiger partial charge in [-0.2, -0.15) is 12.6 Å². The maximum absolute atomic E-state index is 4.08. The van der Waals surface area contributed by atoms with Crippen molar-refractivity contribution in [1.82, 2.24) is 9.97 Å². The lowest BCUT2D eigenvalue weighted by molar-refractivity contribution is 1.04. The van der Waals surface area contributed by atoms with Gasteiger partial charge in [0, 0.05) is 18.1 Å². The van der Waals surface area contributed by atoms with Crippen LogP contribution < -0.4 is 0 Å². The molecule has 0 atom stereocenters. The quantitative estimate of drug-likeness (QED) is 0.593. The summed E-state index contributed by atoms with van der Waals surface area (Å²) in [5.74, 6) is 0.666. The summed E-state index contributed by atoms with van der Waals surface area (Å²) in [7, 11) is 0. The van der Waals surface area contributed by atoms with Crippen LogP contribution in [0.1, 0.15) is 11.4 Å². The Kier molecular flexibility index (Phi) is 2.05. The Balaban J connectivity index is 3.01. The van der Waals surface area contributed by atoms with Crippen LogP contribution >= 0.6 is 12.6 Å². The number of aryl methyl sites for hydroxylation is 1. The van der Waals surface area contributed by atoms with Gasteiger partial charge in [0.25, 0.3) is 0 Å². The normalized spacial score (nSPS) is 9.56. The fourth-order valence-electron chi connectivity index (χ4n) is 0.592. The molecule has 1 aromatic rings. The van der Waals surface area contributed by atoms with Gasteiger partial charge in [-0.15, -0.1) is 0 Å². The molecule has 2 nitrogen and oxygen atoms in total. The van der Waals surface area contributed by atoms with Gasteiger partial charge in [-0.1, -0.05) is 0 Å². The molecule has 0 fully saturated rings. The summed E-state index contributed by atoms with van der Waals surface area (Å²) in [4.78, 5) is 8.10. The van der Waals surface area contributed by atoms with E-state index in [2.05, 4.69) is 22.6 Å². The van der Waals surface area contributed by atoms with Crippen molar-refractivity contribution in [2.24, 2.45) is 0 Å². The molecule has 1 aromatic heterocycles. The molecule has 0 bridgehead atoms. The SMILES string of the molecule is Cc1nccnc1CS. The molecule has 48 valence electrons. The fourth-order valence-corrected chi connectivity index (χ4v) is 0.902. The van der Waals surface area contributed by atoms with Crippen molar-refractivity contribution in [1.29, 1.82) is 0 Å². The second kappa shape index (κ2) is 2.82. The summed E-state index contributed by atoms with van der Waals surface area (Å²) in [6.45, 7) is 1.93. The van der Waals surface area contributed by atoms with Gasteiger partial charge in [0.05, 0.1) is 11.4 Å². The van der Waals surface area contributed by atoms with E-state index in [0.29, 0.717) is 5.75 Å². The molecule has 0 radical (unpaired) electrons. The average Bonchev–Trinajstić information content (AvgIpc) is 1.89. The van der Waals surface area contributed by atoms with Gasteiger partial charge in [0.2, 0.25) is 0 Å². The van der Waals surface area contributed by atoms with E-state index in [9.17, 15) is 0 Å². The van der Waals surface area contributed by atoms with Crippen molar-refractivity contribution in [3.05, 3.63) is 23.8 Å². The van der Waals surface area contributed by atoms with Crippen LogP contribution in [0.3, 0.4) is 0 Å². The van der Waals surface area contributed by atoms with Crippen LogP contribution in [0.15, 0.2) is 12.4 Å². The summed E-state index contributed by atoms with van der Waals surface area (Å²) < 4.78 is 0. The van der Waals surface area contributed by atoms with Crippen molar-refractivity contribution in [2.45, 2.75) is 12.7 Å².